The first kappa shape index (κ1) is 13.5. The van der Waals surface area contributed by atoms with Crippen LogP contribution >= 0.6 is 0 Å². The lowest BCUT2D eigenvalue weighted by atomic mass is 9.98. The first-order valence-electron chi connectivity index (χ1n) is 5.21. The molecule has 0 saturated carbocycles. The largest absolute Gasteiger partial charge is 0.417 e. The molecular formula is C12H14F3NO. The van der Waals surface area contributed by atoms with E-state index in [1.165, 1.54) is 26.0 Å². The van der Waals surface area contributed by atoms with Crippen molar-refractivity contribution in [3.05, 3.63) is 34.9 Å². The van der Waals surface area contributed by atoms with Gasteiger partial charge in [0.05, 0.1) is 11.3 Å². The lowest BCUT2D eigenvalue weighted by Crippen LogP contribution is -2.14. The summed E-state index contributed by atoms with van der Waals surface area (Å²) < 4.78 is 38.7. The highest BCUT2D eigenvalue weighted by Gasteiger charge is 2.35. The number of oxime groups is 1. The van der Waals surface area contributed by atoms with Crippen molar-refractivity contribution >= 4 is 5.71 Å². The molecule has 0 saturated heterocycles. The van der Waals surface area contributed by atoms with Crippen LogP contribution in [-0.2, 0) is 11.0 Å². The Morgan fingerprint density at radius 1 is 1.35 bits per heavy atom. The summed E-state index contributed by atoms with van der Waals surface area (Å²) in [6.45, 7) is 4.97. The molecule has 17 heavy (non-hydrogen) atoms. The van der Waals surface area contributed by atoms with Gasteiger partial charge in [0, 0.05) is 5.56 Å². The van der Waals surface area contributed by atoms with Crippen molar-refractivity contribution in [1.82, 2.24) is 0 Å². The van der Waals surface area contributed by atoms with Crippen molar-refractivity contribution in [2.24, 2.45) is 5.16 Å². The lowest BCUT2D eigenvalue weighted by molar-refractivity contribution is -0.138. The van der Waals surface area contributed by atoms with Crippen LogP contribution in [-0.4, -0.2) is 12.3 Å². The maximum atomic E-state index is 12.9. The van der Waals surface area contributed by atoms with Gasteiger partial charge in [0.2, 0.25) is 0 Å². The van der Waals surface area contributed by atoms with Crippen molar-refractivity contribution in [1.29, 1.82) is 0 Å². The van der Waals surface area contributed by atoms with Gasteiger partial charge in [0.25, 0.3) is 0 Å². The Morgan fingerprint density at radius 3 is 2.53 bits per heavy atom. The van der Waals surface area contributed by atoms with Gasteiger partial charge in [0.15, 0.2) is 0 Å². The molecule has 0 aromatic heterocycles. The quantitative estimate of drug-likeness (QED) is 0.586. The Kier molecular flexibility index (Phi) is 4.15. The van der Waals surface area contributed by atoms with Gasteiger partial charge in [-0.05, 0) is 26.3 Å². The van der Waals surface area contributed by atoms with Gasteiger partial charge in [0.1, 0.15) is 6.61 Å². The zero-order valence-corrected chi connectivity index (χ0v) is 9.93. The highest BCUT2D eigenvalue weighted by atomic mass is 19.4. The van der Waals surface area contributed by atoms with Gasteiger partial charge in [-0.15, -0.1) is 0 Å². The fourth-order valence-electron chi connectivity index (χ4n) is 1.56. The van der Waals surface area contributed by atoms with Crippen molar-refractivity contribution in [3.8, 4) is 0 Å². The van der Waals surface area contributed by atoms with Crippen LogP contribution in [0.15, 0.2) is 23.4 Å². The average Bonchev–Trinajstić information content (AvgIpc) is 2.23. The second kappa shape index (κ2) is 5.21. The summed E-state index contributed by atoms with van der Waals surface area (Å²) in [6, 6.07) is 4.40. The van der Waals surface area contributed by atoms with E-state index >= 15 is 0 Å². The highest BCUT2D eigenvalue weighted by molar-refractivity contribution is 6.00. The minimum absolute atomic E-state index is 0.0611. The van der Waals surface area contributed by atoms with Crippen molar-refractivity contribution in [2.75, 3.05) is 6.61 Å². The van der Waals surface area contributed by atoms with Gasteiger partial charge in [-0.25, -0.2) is 0 Å². The van der Waals surface area contributed by atoms with E-state index in [4.69, 9.17) is 4.84 Å². The number of benzene rings is 1. The topological polar surface area (TPSA) is 21.6 Å². The number of alkyl halides is 3. The Balaban J connectivity index is 3.29. The molecule has 0 heterocycles. The number of aryl methyl sites for hydroxylation is 1. The molecule has 2 nitrogen and oxygen atoms in total. The van der Waals surface area contributed by atoms with Gasteiger partial charge in [-0.2, -0.15) is 13.2 Å². The second-order valence-corrected chi connectivity index (χ2v) is 3.59. The Hall–Kier alpha value is -1.52. The third kappa shape index (κ3) is 3.22. The van der Waals surface area contributed by atoms with Crippen LogP contribution in [0.2, 0.25) is 0 Å². The van der Waals surface area contributed by atoms with Crippen LogP contribution in [0.25, 0.3) is 0 Å². The van der Waals surface area contributed by atoms with Gasteiger partial charge < -0.3 is 4.84 Å². The lowest BCUT2D eigenvalue weighted by Gasteiger charge is -2.15. The number of halogens is 3. The molecule has 1 aromatic carbocycles. The standard InChI is InChI=1S/C12H14F3NO/c1-4-17-16-9(3)10-7-5-6-8(2)11(10)12(13,14)15/h5-7H,4H2,1-3H3/b16-9+. The number of rotatable bonds is 3. The molecule has 0 fully saturated rings. The molecule has 0 amide bonds. The molecule has 0 unspecified atom stereocenters. The fraction of sp³-hybridized carbons (Fsp3) is 0.417. The third-order valence-corrected chi connectivity index (χ3v) is 2.28. The summed E-state index contributed by atoms with van der Waals surface area (Å²) in [7, 11) is 0. The molecule has 5 heteroatoms. The number of hydrogen-bond donors (Lipinski definition) is 0. The molecule has 0 bridgehead atoms. The van der Waals surface area contributed by atoms with E-state index in [1.807, 2.05) is 0 Å². The number of hydrogen-bond acceptors (Lipinski definition) is 2. The maximum absolute atomic E-state index is 12.9. The van der Waals surface area contributed by atoms with Gasteiger partial charge in [-0.1, -0.05) is 23.4 Å². The minimum Gasteiger partial charge on any atom is -0.396 e. The SMILES string of the molecule is CCO/N=C(\C)c1cccc(C)c1C(F)(F)F. The summed E-state index contributed by atoms with van der Waals surface area (Å²) in [5.74, 6) is 0. The van der Waals surface area contributed by atoms with E-state index in [2.05, 4.69) is 5.16 Å². The predicted molar refractivity (Wildman–Crippen MR) is 60.0 cm³/mol. The smallest absolute Gasteiger partial charge is 0.396 e. The minimum atomic E-state index is -4.39. The predicted octanol–water partition coefficient (Wildman–Crippen LogP) is 3.77. The van der Waals surface area contributed by atoms with Crippen molar-refractivity contribution in [3.63, 3.8) is 0 Å². The van der Waals surface area contributed by atoms with Gasteiger partial charge >= 0.3 is 6.18 Å². The van der Waals surface area contributed by atoms with E-state index in [0.717, 1.165) is 0 Å². The van der Waals surface area contributed by atoms with Crippen LogP contribution < -0.4 is 0 Å². The molecule has 0 atom stereocenters. The van der Waals surface area contributed by atoms with E-state index in [-0.39, 0.29) is 16.8 Å². The summed E-state index contributed by atoms with van der Waals surface area (Å²) >= 11 is 0. The Bertz CT molecular complexity index is 424. The fourth-order valence-corrected chi connectivity index (χ4v) is 1.56. The normalized spacial score (nSPS) is 12.7. The van der Waals surface area contributed by atoms with E-state index < -0.39 is 11.7 Å². The van der Waals surface area contributed by atoms with Crippen LogP contribution in [0.4, 0.5) is 13.2 Å². The van der Waals surface area contributed by atoms with Crippen LogP contribution in [0.5, 0.6) is 0 Å². The summed E-state index contributed by atoms with van der Waals surface area (Å²) in [4.78, 5) is 4.78. The highest BCUT2D eigenvalue weighted by Crippen LogP contribution is 2.34. The van der Waals surface area contributed by atoms with E-state index in [0.29, 0.717) is 6.61 Å². The average molecular weight is 245 g/mol. The van der Waals surface area contributed by atoms with Crippen LogP contribution in [0.3, 0.4) is 0 Å². The van der Waals surface area contributed by atoms with E-state index in [1.54, 1.807) is 13.0 Å². The van der Waals surface area contributed by atoms with Crippen molar-refractivity contribution < 1.29 is 18.0 Å². The summed E-state index contributed by atoms with van der Waals surface area (Å²) in [6.07, 6.45) is -4.39. The molecule has 0 aliphatic heterocycles. The monoisotopic (exact) mass is 245 g/mol. The van der Waals surface area contributed by atoms with Crippen LogP contribution in [0.1, 0.15) is 30.5 Å². The molecular weight excluding hydrogens is 231 g/mol. The summed E-state index contributed by atoms with van der Waals surface area (Å²) in [5, 5.41) is 3.64. The zero-order chi connectivity index (χ0) is 13.1. The molecule has 0 aliphatic carbocycles. The molecule has 0 aliphatic rings. The Morgan fingerprint density at radius 2 is 2.00 bits per heavy atom. The molecule has 0 spiro atoms. The zero-order valence-electron chi connectivity index (χ0n) is 9.93. The van der Waals surface area contributed by atoms with Gasteiger partial charge in [-0.3, -0.25) is 0 Å². The molecule has 1 aromatic rings. The molecule has 94 valence electrons. The Labute approximate surface area is 98.1 Å². The maximum Gasteiger partial charge on any atom is 0.417 e. The van der Waals surface area contributed by atoms with Crippen molar-refractivity contribution in [2.45, 2.75) is 26.9 Å². The van der Waals surface area contributed by atoms with Crippen LogP contribution in [0, 0.1) is 6.92 Å². The molecule has 0 N–H and O–H groups in total. The molecule has 1 rings (SSSR count). The first-order valence-corrected chi connectivity index (χ1v) is 5.21. The molecule has 0 radical (unpaired) electrons. The second-order valence-electron chi connectivity index (χ2n) is 3.59. The summed E-state index contributed by atoms with van der Waals surface area (Å²) in [5.41, 5.74) is -0.184. The number of nitrogens with zero attached hydrogens (tertiary/aromatic N) is 1. The first-order chi connectivity index (χ1) is 7.88. The van der Waals surface area contributed by atoms with E-state index in [9.17, 15) is 13.2 Å². The third-order valence-electron chi connectivity index (χ3n) is 2.28.